The van der Waals surface area contributed by atoms with Gasteiger partial charge in [0, 0.05) is 44.2 Å². The van der Waals surface area contributed by atoms with E-state index in [0.29, 0.717) is 5.69 Å². The number of rotatable bonds is 9. The van der Waals surface area contributed by atoms with Crippen LogP contribution in [0, 0.1) is 11.3 Å². The molecule has 0 heterocycles. The number of anilines is 1. The summed E-state index contributed by atoms with van der Waals surface area (Å²) in [6, 6.07) is 16.4. The highest BCUT2D eigenvalue weighted by Gasteiger charge is 2.32. The van der Waals surface area contributed by atoms with Crippen molar-refractivity contribution in [2.75, 3.05) is 18.5 Å². The second kappa shape index (κ2) is 11.0. The molecule has 0 N–H and O–H groups in total. The largest absolute Gasteiger partial charge is 0.573 e. The Bertz CT molecular complexity index is 927. The topological polar surface area (TPSA) is 73.6 Å². The minimum absolute atomic E-state index is 0.0931. The summed E-state index contributed by atoms with van der Waals surface area (Å²) in [5, 5.41) is 8.84. The zero-order valence-corrected chi connectivity index (χ0v) is 16.9. The molecule has 0 atom stereocenters. The maximum Gasteiger partial charge on any atom is 0.573 e. The molecule has 2 aromatic carbocycles. The highest BCUT2D eigenvalue weighted by molar-refractivity contribution is 5.95. The molecule has 2 amide bonds. The molecule has 31 heavy (non-hydrogen) atoms. The van der Waals surface area contributed by atoms with Crippen molar-refractivity contribution in [1.29, 1.82) is 5.26 Å². The monoisotopic (exact) mass is 433 g/mol. The molecular weight excluding hydrogens is 411 g/mol. The molecule has 0 spiro atoms. The second-order valence-electron chi connectivity index (χ2n) is 6.69. The summed E-state index contributed by atoms with van der Waals surface area (Å²) in [5.41, 5.74) is 0.823. The lowest BCUT2D eigenvalue weighted by Crippen LogP contribution is -2.33. The van der Waals surface area contributed by atoms with E-state index >= 15 is 0 Å². The second-order valence-corrected chi connectivity index (χ2v) is 6.69. The molecule has 9 heteroatoms. The summed E-state index contributed by atoms with van der Waals surface area (Å²) in [7, 11) is 1.45. The first-order valence-corrected chi connectivity index (χ1v) is 9.51. The van der Waals surface area contributed by atoms with Gasteiger partial charge in [-0.2, -0.15) is 5.26 Å². The molecule has 0 aliphatic heterocycles. The van der Waals surface area contributed by atoms with Gasteiger partial charge in [0.1, 0.15) is 5.75 Å². The van der Waals surface area contributed by atoms with Crippen LogP contribution in [0.1, 0.15) is 24.8 Å². The van der Waals surface area contributed by atoms with E-state index in [1.807, 2.05) is 6.07 Å². The summed E-state index contributed by atoms with van der Waals surface area (Å²) >= 11 is 0. The smallest absolute Gasteiger partial charge is 0.405 e. The molecule has 0 saturated carbocycles. The maximum atomic E-state index is 12.6. The molecule has 164 valence electrons. The molecule has 0 bridgehead atoms. The van der Waals surface area contributed by atoms with Crippen molar-refractivity contribution in [3.05, 3.63) is 60.2 Å². The van der Waals surface area contributed by atoms with Gasteiger partial charge in [-0.05, 0) is 18.2 Å². The van der Waals surface area contributed by atoms with Crippen LogP contribution >= 0.6 is 0 Å². The summed E-state index contributed by atoms with van der Waals surface area (Å²) in [6.07, 6.45) is -4.91. The van der Waals surface area contributed by atoms with Crippen molar-refractivity contribution >= 4 is 17.5 Å². The Morgan fingerprint density at radius 3 is 2.26 bits per heavy atom. The molecule has 0 aliphatic carbocycles. The van der Waals surface area contributed by atoms with Crippen molar-refractivity contribution in [3.63, 3.8) is 0 Å². The fourth-order valence-electron chi connectivity index (χ4n) is 2.91. The van der Waals surface area contributed by atoms with Crippen molar-refractivity contribution in [1.82, 2.24) is 4.90 Å². The third kappa shape index (κ3) is 7.66. The minimum Gasteiger partial charge on any atom is -0.405 e. The van der Waals surface area contributed by atoms with E-state index < -0.39 is 12.3 Å². The molecule has 0 radical (unpaired) electrons. The Hall–Kier alpha value is -3.54. The van der Waals surface area contributed by atoms with Gasteiger partial charge in [0.15, 0.2) is 0 Å². The number of halogens is 3. The average molecular weight is 433 g/mol. The first kappa shape index (κ1) is 23.7. The van der Waals surface area contributed by atoms with Gasteiger partial charge in [-0.1, -0.05) is 36.4 Å². The molecule has 0 aromatic heterocycles. The van der Waals surface area contributed by atoms with Crippen LogP contribution in [0.15, 0.2) is 54.6 Å². The maximum absolute atomic E-state index is 12.6. The summed E-state index contributed by atoms with van der Waals surface area (Å²) in [4.78, 5) is 27.8. The standard InChI is InChI=1S/C22H22F3N3O3/c1-27(16-17-8-5-6-11-19(17)31-22(23,24)25)20(29)12-13-21(30)28(15-7-14-26)18-9-3-2-4-10-18/h2-6,8-11H,7,12-13,15-16H2,1H3. The highest BCUT2D eigenvalue weighted by Crippen LogP contribution is 2.27. The van der Waals surface area contributed by atoms with E-state index in [2.05, 4.69) is 4.74 Å². The summed E-state index contributed by atoms with van der Waals surface area (Å²) in [5.74, 6) is -1.09. The molecule has 2 rings (SSSR count). The van der Waals surface area contributed by atoms with Crippen molar-refractivity contribution in [3.8, 4) is 11.8 Å². The van der Waals surface area contributed by atoms with Gasteiger partial charge in [-0.3, -0.25) is 9.59 Å². The summed E-state index contributed by atoms with van der Waals surface area (Å²) < 4.78 is 41.7. The van der Waals surface area contributed by atoms with Crippen LogP contribution in [0.25, 0.3) is 0 Å². The molecule has 0 unspecified atom stereocenters. The predicted molar refractivity (Wildman–Crippen MR) is 108 cm³/mol. The third-order valence-electron chi connectivity index (χ3n) is 4.40. The van der Waals surface area contributed by atoms with E-state index in [0.717, 1.165) is 0 Å². The number of alkyl halides is 3. The predicted octanol–water partition coefficient (Wildman–Crippen LogP) is 4.27. The number of nitriles is 1. The SMILES string of the molecule is CN(Cc1ccccc1OC(F)(F)F)C(=O)CCC(=O)N(CCC#N)c1ccccc1. The van der Waals surface area contributed by atoms with Crippen LogP contribution < -0.4 is 9.64 Å². The van der Waals surface area contributed by atoms with Gasteiger partial charge in [0.2, 0.25) is 11.8 Å². The fraction of sp³-hybridized carbons (Fsp3) is 0.318. The van der Waals surface area contributed by atoms with Crippen LogP contribution in [-0.2, 0) is 16.1 Å². The Balaban J connectivity index is 1.98. The zero-order valence-electron chi connectivity index (χ0n) is 16.9. The van der Waals surface area contributed by atoms with Gasteiger partial charge in [0.05, 0.1) is 12.5 Å². The average Bonchev–Trinajstić information content (AvgIpc) is 2.73. The van der Waals surface area contributed by atoms with Crippen molar-refractivity contribution in [2.24, 2.45) is 0 Å². The van der Waals surface area contributed by atoms with Gasteiger partial charge >= 0.3 is 6.36 Å². The fourth-order valence-corrected chi connectivity index (χ4v) is 2.91. The van der Waals surface area contributed by atoms with E-state index in [1.54, 1.807) is 36.4 Å². The van der Waals surface area contributed by atoms with E-state index in [9.17, 15) is 22.8 Å². The number of para-hydroxylation sites is 2. The molecule has 0 saturated heterocycles. The normalized spacial score (nSPS) is 10.8. The van der Waals surface area contributed by atoms with Crippen LogP contribution in [0.4, 0.5) is 18.9 Å². The molecule has 0 fully saturated rings. The van der Waals surface area contributed by atoms with Crippen molar-refractivity contribution in [2.45, 2.75) is 32.2 Å². The molecule has 0 aliphatic rings. The van der Waals surface area contributed by atoms with Crippen LogP contribution in [0.3, 0.4) is 0 Å². The molecule has 6 nitrogen and oxygen atoms in total. The lowest BCUT2D eigenvalue weighted by atomic mass is 10.1. The van der Waals surface area contributed by atoms with Crippen LogP contribution in [0.2, 0.25) is 0 Å². The first-order chi connectivity index (χ1) is 14.7. The number of carbonyl (C=O) groups is 2. The quantitative estimate of drug-likeness (QED) is 0.592. The Morgan fingerprint density at radius 1 is 1.00 bits per heavy atom. The third-order valence-corrected chi connectivity index (χ3v) is 4.40. The van der Waals surface area contributed by atoms with Gasteiger partial charge in [-0.15, -0.1) is 13.2 Å². The first-order valence-electron chi connectivity index (χ1n) is 9.51. The number of ether oxygens (including phenoxy) is 1. The Kier molecular flexibility index (Phi) is 8.43. The number of amides is 2. The highest BCUT2D eigenvalue weighted by atomic mass is 19.4. The Morgan fingerprint density at radius 2 is 1.61 bits per heavy atom. The van der Waals surface area contributed by atoms with Crippen LogP contribution in [-0.4, -0.2) is 36.7 Å². The number of hydrogen-bond acceptors (Lipinski definition) is 4. The number of hydrogen-bond donors (Lipinski definition) is 0. The van der Waals surface area contributed by atoms with Gasteiger partial charge < -0.3 is 14.5 Å². The number of benzene rings is 2. The summed E-state index contributed by atoms with van der Waals surface area (Å²) in [6.45, 7) is 0.0989. The van der Waals surface area contributed by atoms with Gasteiger partial charge in [0.25, 0.3) is 0 Å². The Labute approximate surface area is 178 Å². The van der Waals surface area contributed by atoms with E-state index in [1.165, 1.54) is 35.0 Å². The van der Waals surface area contributed by atoms with E-state index in [-0.39, 0.29) is 49.6 Å². The number of carbonyl (C=O) groups excluding carboxylic acids is 2. The van der Waals surface area contributed by atoms with Crippen molar-refractivity contribution < 1.29 is 27.5 Å². The minimum atomic E-state index is -4.84. The lowest BCUT2D eigenvalue weighted by molar-refractivity contribution is -0.275. The van der Waals surface area contributed by atoms with Crippen LogP contribution in [0.5, 0.6) is 5.75 Å². The lowest BCUT2D eigenvalue weighted by Gasteiger charge is -2.23. The molecule has 2 aromatic rings. The van der Waals surface area contributed by atoms with Gasteiger partial charge in [-0.25, -0.2) is 0 Å². The van der Waals surface area contributed by atoms with E-state index in [4.69, 9.17) is 5.26 Å². The zero-order chi connectivity index (χ0) is 22.9. The number of nitrogens with zero attached hydrogens (tertiary/aromatic N) is 3. The molecular formula is C22H22F3N3O3.